The topological polar surface area (TPSA) is 20.2 Å². The van der Waals surface area contributed by atoms with E-state index in [2.05, 4.69) is 0 Å². The van der Waals surface area contributed by atoms with Gasteiger partial charge in [0.2, 0.25) is 0 Å². The Bertz CT molecular complexity index is 497. The second-order valence-corrected chi connectivity index (χ2v) is 4.81. The first-order valence-electron chi connectivity index (χ1n) is 5.58. The van der Waals surface area contributed by atoms with Gasteiger partial charge in [-0.25, -0.2) is 0 Å². The summed E-state index contributed by atoms with van der Waals surface area (Å²) in [5.41, 5.74) is 3.96. The fraction of sp³-hybridized carbons (Fsp3) is 0.200. The number of aryl methyl sites for hydroxylation is 2. The third-order valence-corrected chi connectivity index (χ3v) is 2.99. The molecule has 0 saturated carbocycles. The number of aliphatic hydroxyl groups excluding tert-OH is 1. The van der Waals surface area contributed by atoms with Gasteiger partial charge in [-0.05, 0) is 42.7 Å². The predicted octanol–water partition coefficient (Wildman–Crippen LogP) is 4.04. The lowest BCUT2D eigenvalue weighted by atomic mass is 9.99. The Morgan fingerprint density at radius 3 is 2.12 bits per heavy atom. The van der Waals surface area contributed by atoms with Crippen LogP contribution >= 0.6 is 11.6 Å². The van der Waals surface area contributed by atoms with Gasteiger partial charge in [0.1, 0.15) is 6.10 Å². The Morgan fingerprint density at radius 2 is 1.53 bits per heavy atom. The van der Waals surface area contributed by atoms with E-state index >= 15 is 0 Å². The first kappa shape index (κ1) is 12.2. The minimum atomic E-state index is -0.618. The van der Waals surface area contributed by atoms with Crippen molar-refractivity contribution in [3.63, 3.8) is 0 Å². The maximum absolute atomic E-state index is 10.3. The van der Waals surface area contributed by atoms with Crippen LogP contribution in [-0.4, -0.2) is 5.11 Å². The highest BCUT2D eigenvalue weighted by Gasteiger charge is 2.11. The second-order valence-electron chi connectivity index (χ2n) is 4.38. The van der Waals surface area contributed by atoms with Crippen LogP contribution in [0.1, 0.15) is 28.4 Å². The third-order valence-electron chi connectivity index (χ3n) is 2.77. The minimum absolute atomic E-state index is 0.618. The number of halogens is 1. The molecular weight excluding hydrogens is 232 g/mol. The number of aliphatic hydroxyl groups is 1. The largest absolute Gasteiger partial charge is 0.384 e. The molecule has 2 heteroatoms. The predicted molar refractivity (Wildman–Crippen MR) is 71.4 cm³/mol. The van der Waals surface area contributed by atoms with Crippen molar-refractivity contribution in [2.75, 3.05) is 0 Å². The molecule has 2 aromatic carbocycles. The zero-order chi connectivity index (χ0) is 12.4. The summed E-state index contributed by atoms with van der Waals surface area (Å²) in [6.45, 7) is 4.00. The quantitative estimate of drug-likeness (QED) is 0.848. The van der Waals surface area contributed by atoms with E-state index in [9.17, 15) is 5.11 Å². The Balaban J connectivity index is 2.36. The lowest BCUT2D eigenvalue weighted by Gasteiger charge is -2.13. The van der Waals surface area contributed by atoms with Gasteiger partial charge in [0.05, 0.1) is 0 Å². The highest BCUT2D eigenvalue weighted by atomic mass is 35.5. The molecule has 0 fully saturated rings. The highest BCUT2D eigenvalue weighted by molar-refractivity contribution is 6.30. The Kier molecular flexibility index (Phi) is 3.51. The van der Waals surface area contributed by atoms with E-state index in [1.54, 1.807) is 6.07 Å². The van der Waals surface area contributed by atoms with E-state index in [1.165, 1.54) is 5.56 Å². The first-order chi connectivity index (χ1) is 8.06. The molecule has 0 spiro atoms. The fourth-order valence-electron chi connectivity index (χ4n) is 1.86. The van der Waals surface area contributed by atoms with Crippen molar-refractivity contribution < 1.29 is 5.11 Å². The lowest BCUT2D eigenvalue weighted by Crippen LogP contribution is -2.00. The van der Waals surface area contributed by atoms with Crippen molar-refractivity contribution in [2.45, 2.75) is 20.0 Å². The average Bonchev–Trinajstić information content (AvgIpc) is 2.28. The van der Waals surface area contributed by atoms with E-state index < -0.39 is 6.10 Å². The van der Waals surface area contributed by atoms with Gasteiger partial charge in [-0.2, -0.15) is 0 Å². The van der Waals surface area contributed by atoms with Gasteiger partial charge in [0, 0.05) is 5.02 Å². The van der Waals surface area contributed by atoms with Gasteiger partial charge in [-0.3, -0.25) is 0 Å². The SMILES string of the molecule is Cc1ccc(C(O)c2cc(C)cc(Cl)c2)cc1. The van der Waals surface area contributed by atoms with Crippen molar-refractivity contribution in [3.8, 4) is 0 Å². The molecule has 0 aliphatic heterocycles. The Hall–Kier alpha value is -1.31. The van der Waals surface area contributed by atoms with Crippen molar-refractivity contribution in [2.24, 2.45) is 0 Å². The summed E-state index contributed by atoms with van der Waals surface area (Å²) < 4.78 is 0. The molecule has 0 aliphatic carbocycles. The van der Waals surface area contributed by atoms with Crippen LogP contribution in [0.2, 0.25) is 5.02 Å². The summed E-state index contributed by atoms with van der Waals surface area (Å²) in [5, 5.41) is 10.9. The molecule has 1 N–H and O–H groups in total. The number of benzene rings is 2. The summed E-state index contributed by atoms with van der Waals surface area (Å²) in [6.07, 6.45) is -0.618. The molecule has 88 valence electrons. The molecule has 1 nitrogen and oxygen atoms in total. The van der Waals surface area contributed by atoms with Gasteiger partial charge in [0.15, 0.2) is 0 Å². The molecule has 2 rings (SSSR count). The molecule has 1 atom stereocenters. The monoisotopic (exact) mass is 246 g/mol. The number of hydrogen-bond donors (Lipinski definition) is 1. The van der Waals surface area contributed by atoms with E-state index in [-0.39, 0.29) is 0 Å². The van der Waals surface area contributed by atoms with E-state index in [4.69, 9.17) is 11.6 Å². The number of rotatable bonds is 2. The van der Waals surface area contributed by atoms with Crippen molar-refractivity contribution >= 4 is 11.6 Å². The first-order valence-corrected chi connectivity index (χ1v) is 5.96. The van der Waals surface area contributed by atoms with Gasteiger partial charge in [-0.15, -0.1) is 0 Å². The summed E-state index contributed by atoms with van der Waals surface area (Å²) in [5.74, 6) is 0. The van der Waals surface area contributed by atoms with E-state index in [1.807, 2.05) is 50.2 Å². The maximum Gasteiger partial charge on any atom is 0.104 e. The van der Waals surface area contributed by atoms with Crippen LogP contribution in [0.4, 0.5) is 0 Å². The normalized spacial score (nSPS) is 12.5. The van der Waals surface area contributed by atoms with Gasteiger partial charge >= 0.3 is 0 Å². The van der Waals surface area contributed by atoms with Crippen LogP contribution < -0.4 is 0 Å². The second kappa shape index (κ2) is 4.91. The zero-order valence-corrected chi connectivity index (χ0v) is 10.7. The summed E-state index contributed by atoms with van der Waals surface area (Å²) in [7, 11) is 0. The Labute approximate surface area is 107 Å². The molecule has 2 aromatic rings. The van der Waals surface area contributed by atoms with Gasteiger partial charge in [0.25, 0.3) is 0 Å². The molecular formula is C15H15ClO. The van der Waals surface area contributed by atoms with Crippen LogP contribution in [0, 0.1) is 13.8 Å². The summed E-state index contributed by atoms with van der Waals surface area (Å²) >= 11 is 6.00. The standard InChI is InChI=1S/C15H15ClO/c1-10-3-5-12(6-4-10)15(17)13-7-11(2)8-14(16)9-13/h3-9,15,17H,1-2H3. The smallest absolute Gasteiger partial charge is 0.104 e. The van der Waals surface area contributed by atoms with Crippen LogP contribution in [-0.2, 0) is 0 Å². The summed E-state index contributed by atoms with van der Waals surface area (Å²) in [6, 6.07) is 13.5. The van der Waals surface area contributed by atoms with Crippen LogP contribution in [0.3, 0.4) is 0 Å². The van der Waals surface area contributed by atoms with Crippen LogP contribution in [0.5, 0.6) is 0 Å². The van der Waals surface area contributed by atoms with E-state index in [0.717, 1.165) is 16.7 Å². The Morgan fingerprint density at radius 1 is 0.882 bits per heavy atom. The number of hydrogen-bond acceptors (Lipinski definition) is 1. The van der Waals surface area contributed by atoms with Gasteiger partial charge in [-0.1, -0.05) is 47.5 Å². The van der Waals surface area contributed by atoms with Crippen LogP contribution in [0.25, 0.3) is 0 Å². The molecule has 0 saturated heterocycles. The molecule has 17 heavy (non-hydrogen) atoms. The average molecular weight is 247 g/mol. The van der Waals surface area contributed by atoms with Crippen molar-refractivity contribution in [1.82, 2.24) is 0 Å². The third kappa shape index (κ3) is 2.87. The van der Waals surface area contributed by atoms with Crippen molar-refractivity contribution in [3.05, 3.63) is 69.7 Å². The lowest BCUT2D eigenvalue weighted by molar-refractivity contribution is 0.220. The van der Waals surface area contributed by atoms with Crippen molar-refractivity contribution in [1.29, 1.82) is 0 Å². The van der Waals surface area contributed by atoms with Gasteiger partial charge < -0.3 is 5.11 Å². The molecule has 0 aromatic heterocycles. The molecule has 0 bridgehead atoms. The summed E-state index contributed by atoms with van der Waals surface area (Å²) in [4.78, 5) is 0. The minimum Gasteiger partial charge on any atom is -0.384 e. The fourth-order valence-corrected chi connectivity index (χ4v) is 2.16. The molecule has 0 aliphatic rings. The molecule has 1 unspecified atom stereocenters. The van der Waals surface area contributed by atoms with Crippen LogP contribution in [0.15, 0.2) is 42.5 Å². The molecule has 0 radical (unpaired) electrons. The maximum atomic E-state index is 10.3. The van der Waals surface area contributed by atoms with E-state index in [0.29, 0.717) is 5.02 Å². The molecule has 0 heterocycles. The molecule has 0 amide bonds. The zero-order valence-electron chi connectivity index (χ0n) is 9.94. The highest BCUT2D eigenvalue weighted by Crippen LogP contribution is 2.25.